The summed E-state index contributed by atoms with van der Waals surface area (Å²) in [5.41, 5.74) is 12.4. The molecular formula is C11H19N3. The predicted octanol–water partition coefficient (Wildman–Crippen LogP) is 1.05. The van der Waals surface area contributed by atoms with Crippen LogP contribution >= 0.6 is 0 Å². The van der Waals surface area contributed by atoms with Crippen molar-refractivity contribution in [2.45, 2.75) is 31.7 Å². The van der Waals surface area contributed by atoms with Crippen molar-refractivity contribution < 1.29 is 0 Å². The standard InChI is InChI=1S/C11H19N3/c12-7-8-5-10(6-8)14-4-3-11(13)9-1-2-9/h3-4,8-10H,1-2,5-7,12-13H2. The molecule has 2 fully saturated rings. The summed E-state index contributed by atoms with van der Waals surface area (Å²) >= 11 is 0. The Morgan fingerprint density at radius 3 is 2.64 bits per heavy atom. The first-order valence-corrected chi connectivity index (χ1v) is 5.48. The monoisotopic (exact) mass is 193 g/mol. The predicted molar refractivity (Wildman–Crippen MR) is 59.1 cm³/mol. The van der Waals surface area contributed by atoms with Gasteiger partial charge in [0.2, 0.25) is 0 Å². The molecule has 2 rings (SSSR count). The Hall–Kier alpha value is -0.830. The Balaban J connectivity index is 1.70. The molecule has 0 radical (unpaired) electrons. The SMILES string of the molecule is NCC1CC(N=CC=C(N)C2CC2)C1. The quantitative estimate of drug-likeness (QED) is 0.655. The Morgan fingerprint density at radius 1 is 1.36 bits per heavy atom. The van der Waals surface area contributed by atoms with Crippen LogP contribution in [0.5, 0.6) is 0 Å². The first-order chi connectivity index (χ1) is 6.79. The van der Waals surface area contributed by atoms with E-state index >= 15 is 0 Å². The van der Waals surface area contributed by atoms with Gasteiger partial charge in [0.1, 0.15) is 0 Å². The highest BCUT2D eigenvalue weighted by Gasteiger charge is 2.26. The molecule has 0 unspecified atom stereocenters. The molecular weight excluding hydrogens is 174 g/mol. The van der Waals surface area contributed by atoms with E-state index in [1.165, 1.54) is 12.8 Å². The maximum Gasteiger partial charge on any atom is 0.0505 e. The third-order valence-corrected chi connectivity index (χ3v) is 3.16. The lowest BCUT2D eigenvalue weighted by Gasteiger charge is -2.31. The van der Waals surface area contributed by atoms with Crippen LogP contribution in [0.1, 0.15) is 25.7 Å². The van der Waals surface area contributed by atoms with Gasteiger partial charge in [-0.3, -0.25) is 4.99 Å². The molecule has 3 nitrogen and oxygen atoms in total. The van der Waals surface area contributed by atoms with Crippen LogP contribution in [0.25, 0.3) is 0 Å². The molecule has 14 heavy (non-hydrogen) atoms. The molecule has 0 amide bonds. The summed E-state index contributed by atoms with van der Waals surface area (Å²) in [5, 5.41) is 0. The number of hydrogen-bond acceptors (Lipinski definition) is 3. The molecule has 78 valence electrons. The molecule has 0 aromatic carbocycles. The third kappa shape index (κ3) is 2.35. The van der Waals surface area contributed by atoms with E-state index in [-0.39, 0.29) is 0 Å². The lowest BCUT2D eigenvalue weighted by molar-refractivity contribution is 0.276. The van der Waals surface area contributed by atoms with Crippen molar-refractivity contribution in [3.05, 3.63) is 11.8 Å². The molecule has 0 heterocycles. The van der Waals surface area contributed by atoms with Crippen LogP contribution in [0.15, 0.2) is 16.8 Å². The molecule has 0 aromatic rings. The Morgan fingerprint density at radius 2 is 2.07 bits per heavy atom. The third-order valence-electron chi connectivity index (χ3n) is 3.16. The summed E-state index contributed by atoms with van der Waals surface area (Å²) in [5.74, 6) is 1.36. The van der Waals surface area contributed by atoms with E-state index < -0.39 is 0 Å². The fourth-order valence-electron chi connectivity index (χ4n) is 1.82. The smallest absolute Gasteiger partial charge is 0.0505 e. The van der Waals surface area contributed by atoms with Crippen molar-refractivity contribution in [1.82, 2.24) is 0 Å². The van der Waals surface area contributed by atoms with Crippen molar-refractivity contribution in [2.75, 3.05) is 6.54 Å². The maximum absolute atomic E-state index is 5.83. The van der Waals surface area contributed by atoms with E-state index in [0.29, 0.717) is 17.9 Å². The van der Waals surface area contributed by atoms with Gasteiger partial charge >= 0.3 is 0 Å². The molecule has 0 spiro atoms. The molecule has 2 aliphatic carbocycles. The number of hydrogen-bond donors (Lipinski definition) is 2. The van der Waals surface area contributed by atoms with Crippen LogP contribution < -0.4 is 11.5 Å². The van der Waals surface area contributed by atoms with E-state index in [2.05, 4.69) is 4.99 Å². The van der Waals surface area contributed by atoms with E-state index in [1.54, 1.807) is 0 Å². The van der Waals surface area contributed by atoms with Gasteiger partial charge in [0.05, 0.1) is 6.04 Å². The lowest BCUT2D eigenvalue weighted by atomic mass is 9.81. The highest BCUT2D eigenvalue weighted by Crippen LogP contribution is 2.33. The summed E-state index contributed by atoms with van der Waals surface area (Å²) in [6.07, 6.45) is 8.68. The van der Waals surface area contributed by atoms with Crippen molar-refractivity contribution in [2.24, 2.45) is 28.3 Å². The average Bonchev–Trinajstić information content (AvgIpc) is 2.91. The maximum atomic E-state index is 5.83. The molecule has 2 aliphatic rings. The molecule has 0 bridgehead atoms. The molecule has 2 saturated carbocycles. The Bertz CT molecular complexity index is 247. The molecule has 0 saturated heterocycles. The van der Waals surface area contributed by atoms with Gasteiger partial charge in [-0.2, -0.15) is 0 Å². The molecule has 0 atom stereocenters. The van der Waals surface area contributed by atoms with Crippen LogP contribution in [-0.4, -0.2) is 18.8 Å². The first kappa shape index (κ1) is 9.71. The minimum absolute atomic E-state index is 0.506. The molecule has 0 aromatic heterocycles. The van der Waals surface area contributed by atoms with Gasteiger partial charge in [-0.1, -0.05) is 0 Å². The normalized spacial score (nSPS) is 33.4. The minimum Gasteiger partial charge on any atom is -0.402 e. The zero-order valence-corrected chi connectivity index (χ0v) is 8.52. The fourth-order valence-corrected chi connectivity index (χ4v) is 1.82. The van der Waals surface area contributed by atoms with Gasteiger partial charge in [-0.05, 0) is 50.1 Å². The van der Waals surface area contributed by atoms with E-state index in [1.807, 2.05) is 12.3 Å². The minimum atomic E-state index is 0.506. The summed E-state index contributed by atoms with van der Waals surface area (Å²) in [4.78, 5) is 4.44. The van der Waals surface area contributed by atoms with Crippen molar-refractivity contribution in [1.29, 1.82) is 0 Å². The van der Waals surface area contributed by atoms with Crippen LogP contribution in [0.3, 0.4) is 0 Å². The van der Waals surface area contributed by atoms with Crippen LogP contribution in [-0.2, 0) is 0 Å². The largest absolute Gasteiger partial charge is 0.402 e. The van der Waals surface area contributed by atoms with Crippen molar-refractivity contribution >= 4 is 6.21 Å². The van der Waals surface area contributed by atoms with Crippen molar-refractivity contribution in [3.8, 4) is 0 Å². The van der Waals surface area contributed by atoms with E-state index in [0.717, 1.165) is 25.1 Å². The number of nitrogens with zero attached hydrogens (tertiary/aromatic N) is 1. The topological polar surface area (TPSA) is 64.4 Å². The van der Waals surface area contributed by atoms with Gasteiger partial charge in [-0.25, -0.2) is 0 Å². The second kappa shape index (κ2) is 4.13. The highest BCUT2D eigenvalue weighted by molar-refractivity contribution is 5.72. The summed E-state index contributed by atoms with van der Waals surface area (Å²) < 4.78 is 0. The molecule has 4 N–H and O–H groups in total. The van der Waals surface area contributed by atoms with Crippen LogP contribution in [0.2, 0.25) is 0 Å². The molecule has 3 heteroatoms. The summed E-state index contributed by atoms with van der Waals surface area (Å²) in [6.45, 7) is 0.812. The Kier molecular flexibility index (Phi) is 2.87. The fraction of sp³-hybridized carbons (Fsp3) is 0.727. The number of allylic oxidation sites excluding steroid dienone is 2. The van der Waals surface area contributed by atoms with Crippen LogP contribution in [0, 0.1) is 11.8 Å². The zero-order valence-electron chi connectivity index (χ0n) is 8.52. The number of nitrogens with two attached hydrogens (primary N) is 2. The lowest BCUT2D eigenvalue weighted by Crippen LogP contribution is -2.32. The second-order valence-electron chi connectivity index (χ2n) is 4.47. The van der Waals surface area contributed by atoms with Crippen molar-refractivity contribution in [3.63, 3.8) is 0 Å². The van der Waals surface area contributed by atoms with E-state index in [4.69, 9.17) is 11.5 Å². The average molecular weight is 193 g/mol. The zero-order chi connectivity index (χ0) is 9.97. The van der Waals surface area contributed by atoms with E-state index in [9.17, 15) is 0 Å². The first-order valence-electron chi connectivity index (χ1n) is 5.48. The van der Waals surface area contributed by atoms with Gasteiger partial charge in [0, 0.05) is 11.9 Å². The second-order valence-corrected chi connectivity index (χ2v) is 4.47. The number of aliphatic imine (C=N–C) groups is 1. The summed E-state index contributed by atoms with van der Waals surface area (Å²) in [6, 6.07) is 0.506. The Labute approximate surface area is 85.3 Å². The van der Waals surface area contributed by atoms with Gasteiger partial charge < -0.3 is 11.5 Å². The highest BCUT2D eigenvalue weighted by atomic mass is 14.8. The molecule has 0 aliphatic heterocycles. The van der Waals surface area contributed by atoms with Crippen LogP contribution in [0.4, 0.5) is 0 Å². The summed E-state index contributed by atoms with van der Waals surface area (Å²) in [7, 11) is 0. The van der Waals surface area contributed by atoms with Gasteiger partial charge in [0.25, 0.3) is 0 Å². The van der Waals surface area contributed by atoms with Gasteiger partial charge in [0.15, 0.2) is 0 Å². The van der Waals surface area contributed by atoms with Gasteiger partial charge in [-0.15, -0.1) is 0 Å². The number of rotatable bonds is 4.